The molecule has 0 radical (unpaired) electrons. The lowest BCUT2D eigenvalue weighted by molar-refractivity contribution is -0.122. The van der Waals surface area contributed by atoms with Crippen LogP contribution in [0.25, 0.3) is 21.5 Å². The van der Waals surface area contributed by atoms with Gasteiger partial charge in [-0.15, -0.1) is 11.3 Å². The number of thiophene rings is 1. The Kier molecular flexibility index (Phi) is 12.6. The number of aliphatic imine (C=N–C) groups is 1. The Morgan fingerprint density at radius 1 is 0.950 bits per heavy atom. The topological polar surface area (TPSA) is 62.3 Å². The van der Waals surface area contributed by atoms with Crippen molar-refractivity contribution in [2.24, 2.45) is 16.8 Å². The highest BCUT2D eigenvalue weighted by Gasteiger charge is 2.32. The Balaban J connectivity index is 0.00000274. The summed E-state index contributed by atoms with van der Waals surface area (Å²) in [6.07, 6.45) is 6.12. The average Bonchev–Trinajstić information content (AvgIpc) is 3.44. The number of aromatic amines is 1. The van der Waals surface area contributed by atoms with Crippen molar-refractivity contribution < 1.29 is 9.59 Å². The molecule has 1 aromatic carbocycles. The van der Waals surface area contributed by atoms with Crippen LogP contribution >= 0.6 is 11.3 Å². The van der Waals surface area contributed by atoms with Crippen LogP contribution in [0.3, 0.4) is 0 Å². The van der Waals surface area contributed by atoms with Crippen LogP contribution < -0.4 is 0 Å². The number of carbonyl (C=O) groups excluding carboxylic acids is 2. The molecule has 0 spiro atoms. The fourth-order valence-electron chi connectivity index (χ4n) is 5.33. The average molecular weight is 565 g/mol. The highest BCUT2D eigenvalue weighted by atomic mass is 32.1. The number of rotatable bonds is 12. The molecule has 1 N–H and O–H groups in total. The molecule has 0 aliphatic heterocycles. The molecule has 2 aromatic heterocycles. The van der Waals surface area contributed by atoms with Gasteiger partial charge in [0.1, 0.15) is 10.6 Å². The van der Waals surface area contributed by atoms with Crippen molar-refractivity contribution >= 4 is 39.0 Å². The van der Waals surface area contributed by atoms with Gasteiger partial charge >= 0.3 is 0 Å². The molecule has 0 fully saturated rings. The van der Waals surface area contributed by atoms with E-state index in [4.69, 9.17) is 0 Å². The highest BCUT2D eigenvalue weighted by Crippen LogP contribution is 2.41. The van der Waals surface area contributed by atoms with E-state index in [9.17, 15) is 9.59 Å². The second kappa shape index (κ2) is 14.9. The summed E-state index contributed by atoms with van der Waals surface area (Å²) in [4.78, 5) is 35.1. The minimum absolute atomic E-state index is 0.0989. The van der Waals surface area contributed by atoms with Gasteiger partial charge in [0.25, 0.3) is 5.91 Å². The summed E-state index contributed by atoms with van der Waals surface area (Å²) >= 11 is 1.67. The largest absolute Gasteiger partial charge is 0.346 e. The maximum absolute atomic E-state index is 12.9. The molecule has 3 aromatic rings. The van der Waals surface area contributed by atoms with Crippen molar-refractivity contribution in [2.45, 2.75) is 120 Å². The number of carbonyl (C=O) groups is 2. The van der Waals surface area contributed by atoms with E-state index in [2.05, 4.69) is 61.9 Å². The zero-order valence-electron chi connectivity index (χ0n) is 26.9. The number of aryl methyl sites for hydroxylation is 3. The quantitative estimate of drug-likeness (QED) is 0.222. The Labute approximate surface area is 247 Å². The van der Waals surface area contributed by atoms with Gasteiger partial charge in [0.2, 0.25) is 0 Å². The van der Waals surface area contributed by atoms with Crippen molar-refractivity contribution in [2.75, 3.05) is 0 Å². The Morgan fingerprint density at radius 3 is 2.12 bits per heavy atom. The molecule has 5 heteroatoms. The minimum Gasteiger partial charge on any atom is -0.346 e. The molecule has 40 heavy (non-hydrogen) atoms. The lowest BCUT2D eigenvalue weighted by Gasteiger charge is -2.19. The van der Waals surface area contributed by atoms with Crippen molar-refractivity contribution in [3.63, 3.8) is 0 Å². The van der Waals surface area contributed by atoms with Crippen LogP contribution in [0.15, 0.2) is 29.3 Å². The minimum atomic E-state index is -0.673. The van der Waals surface area contributed by atoms with Gasteiger partial charge in [0.05, 0.1) is 11.1 Å². The van der Waals surface area contributed by atoms with Crippen molar-refractivity contribution in [3.8, 4) is 11.3 Å². The van der Waals surface area contributed by atoms with Crippen LogP contribution in [0.4, 0.5) is 0 Å². The first kappa shape index (κ1) is 33.7. The summed E-state index contributed by atoms with van der Waals surface area (Å²) < 4.78 is 0. The molecule has 2 unspecified atom stereocenters. The molecule has 0 bridgehead atoms. The fourth-order valence-corrected chi connectivity index (χ4v) is 6.52. The molecule has 4 nitrogen and oxygen atoms in total. The molecule has 220 valence electrons. The van der Waals surface area contributed by atoms with Gasteiger partial charge < -0.3 is 4.98 Å². The lowest BCUT2D eigenvalue weighted by atomic mass is 9.87. The summed E-state index contributed by atoms with van der Waals surface area (Å²) in [5.41, 5.74) is 6.35. The van der Waals surface area contributed by atoms with Crippen LogP contribution in [-0.2, 0) is 21.4 Å². The molecule has 0 aliphatic carbocycles. The van der Waals surface area contributed by atoms with Gasteiger partial charge in [-0.25, -0.2) is 4.99 Å². The van der Waals surface area contributed by atoms with Crippen LogP contribution in [0.2, 0.25) is 0 Å². The predicted molar refractivity (Wildman–Crippen MR) is 175 cm³/mol. The molecule has 3 rings (SSSR count). The van der Waals surface area contributed by atoms with Crippen LogP contribution in [0, 0.1) is 25.7 Å². The van der Waals surface area contributed by atoms with E-state index in [-0.39, 0.29) is 11.8 Å². The number of H-pyrrole nitrogens is 1. The maximum Gasteiger partial charge on any atom is 0.256 e. The second-order valence-electron chi connectivity index (χ2n) is 12.0. The number of hydrogen-bond acceptors (Lipinski definition) is 3. The van der Waals surface area contributed by atoms with Gasteiger partial charge in [0, 0.05) is 21.9 Å². The number of nitrogens with zero attached hydrogens (tertiary/aromatic N) is 1. The zero-order valence-corrected chi connectivity index (χ0v) is 27.7. The highest BCUT2D eigenvalue weighted by molar-refractivity contribution is 7.19. The zero-order chi connectivity index (χ0) is 30.2. The maximum atomic E-state index is 12.9. The van der Waals surface area contributed by atoms with Crippen LogP contribution in [0.5, 0.6) is 0 Å². The van der Waals surface area contributed by atoms with E-state index in [1.807, 2.05) is 41.5 Å². The Bertz CT molecular complexity index is 1300. The smallest absolute Gasteiger partial charge is 0.256 e. The number of benzene rings is 1. The van der Waals surface area contributed by atoms with E-state index >= 15 is 0 Å². The molecule has 2 heterocycles. The molecule has 0 saturated carbocycles. The normalized spacial score (nSPS) is 13.0. The number of fused-ring (bicyclic) bond motifs is 1. The monoisotopic (exact) mass is 564 g/mol. The Hall–Kier alpha value is -2.53. The van der Waals surface area contributed by atoms with Crippen molar-refractivity contribution in [3.05, 3.63) is 45.8 Å². The van der Waals surface area contributed by atoms with E-state index in [1.165, 1.54) is 33.3 Å². The number of aromatic nitrogens is 1. The predicted octanol–water partition coefficient (Wildman–Crippen LogP) is 10.2. The molecule has 0 aliphatic rings. The summed E-state index contributed by atoms with van der Waals surface area (Å²) in [6, 6.07) is 8.93. The standard InChI is InChI=1S/C33H46N2O2S.C2H6/c1-10-11-25(24(7)36)14-12-21(4)13-15-27-28-19-29(33(8,9)32(37)34-20(2)3)38-31(28)35-30(27)26-17-22(5)16-23(6)18-26;1-2/h16-19,21,25,35H,10-15H2,1-9H3;1-2H3. The van der Waals surface area contributed by atoms with Gasteiger partial charge in [-0.05, 0) is 109 Å². The summed E-state index contributed by atoms with van der Waals surface area (Å²) in [6.45, 7) is 22.2. The molecule has 1 amide bonds. The number of nitrogens with one attached hydrogen (secondary N) is 1. The fraction of sp³-hybridized carbons (Fsp3) is 0.571. The SMILES string of the molecule is CC.CCCC(CCC(C)CCc1c(-c2cc(C)cc(C)c2)[nH]c2sc(C(C)(C)C(=O)N=C(C)C)cc12)C(C)=O. The number of ketones is 1. The van der Waals surface area contributed by atoms with Crippen molar-refractivity contribution in [1.82, 2.24) is 4.98 Å². The first-order valence-corrected chi connectivity index (χ1v) is 15.9. The number of Topliss-reactive ketones (excluding diaryl/α,β-unsaturated/α-hetero) is 1. The third-order valence-electron chi connectivity index (χ3n) is 7.69. The van der Waals surface area contributed by atoms with Gasteiger partial charge in [0.15, 0.2) is 0 Å². The molecule has 2 atom stereocenters. The molecule has 0 saturated heterocycles. The Morgan fingerprint density at radius 2 is 1.57 bits per heavy atom. The summed E-state index contributed by atoms with van der Waals surface area (Å²) in [5.74, 6) is 0.955. The van der Waals surface area contributed by atoms with E-state index in [0.717, 1.165) is 53.9 Å². The number of hydrogen-bond donors (Lipinski definition) is 1. The van der Waals surface area contributed by atoms with E-state index in [1.54, 1.807) is 18.3 Å². The third kappa shape index (κ3) is 8.49. The summed E-state index contributed by atoms with van der Waals surface area (Å²) in [7, 11) is 0. The van der Waals surface area contributed by atoms with Crippen LogP contribution in [-0.4, -0.2) is 22.4 Å². The van der Waals surface area contributed by atoms with E-state index in [0.29, 0.717) is 11.7 Å². The number of amides is 1. The van der Waals surface area contributed by atoms with E-state index < -0.39 is 5.41 Å². The van der Waals surface area contributed by atoms with Gasteiger partial charge in [-0.2, -0.15) is 0 Å². The molecular formula is C35H52N2O2S. The first-order chi connectivity index (χ1) is 18.8. The first-order valence-electron chi connectivity index (χ1n) is 15.1. The molecular weight excluding hydrogens is 512 g/mol. The van der Waals surface area contributed by atoms with Gasteiger partial charge in [-0.3, -0.25) is 9.59 Å². The van der Waals surface area contributed by atoms with Crippen molar-refractivity contribution in [1.29, 1.82) is 0 Å². The van der Waals surface area contributed by atoms with Crippen LogP contribution in [0.1, 0.15) is 116 Å². The second-order valence-corrected chi connectivity index (χ2v) is 13.1. The third-order valence-corrected chi connectivity index (χ3v) is 9.06. The van der Waals surface area contributed by atoms with Gasteiger partial charge in [-0.1, -0.05) is 57.7 Å². The lowest BCUT2D eigenvalue weighted by Crippen LogP contribution is -2.26. The summed E-state index contributed by atoms with van der Waals surface area (Å²) in [5, 5.41) is 1.22.